The van der Waals surface area contributed by atoms with Crippen LogP contribution in [0.4, 0.5) is 10.5 Å². The smallest absolute Gasteiger partial charge is 0.329 e. The topological polar surface area (TPSA) is 184 Å². The van der Waals surface area contributed by atoms with Crippen molar-refractivity contribution in [3.05, 3.63) is 144 Å². The molecule has 4 aromatic rings. The predicted molar refractivity (Wildman–Crippen MR) is 232 cm³/mol. The highest BCUT2D eigenvalue weighted by Crippen LogP contribution is 2.66. The number of fused-ring (bicyclic) bond motifs is 3. The summed E-state index contributed by atoms with van der Waals surface area (Å²) in [5, 5.41) is 25.2. The first-order valence-corrected chi connectivity index (χ1v) is 20.8. The molecule has 3 aliphatic heterocycles. The van der Waals surface area contributed by atoms with E-state index in [1.54, 1.807) is 56.3 Å². The third-order valence-electron chi connectivity index (χ3n) is 11.8. The SMILES string of the molecule is C=CCNC(=O)[C@@H]1[C@H]2C(=O)O[C@H](c3ccccc3)[C@H](c3ccccc3)N2[C@H](c2ccccc2OCCO)[C@@]12C(=O)N(C(=O)N[C@H](C(=O)OC)C(C)C)c1ccc(C#CCCO)cc12. The van der Waals surface area contributed by atoms with Crippen LogP contribution in [-0.2, 0) is 34.1 Å². The van der Waals surface area contributed by atoms with Crippen LogP contribution in [0.2, 0.25) is 0 Å². The summed E-state index contributed by atoms with van der Waals surface area (Å²) in [7, 11) is 1.20. The second-order valence-corrected chi connectivity index (χ2v) is 15.8. The van der Waals surface area contributed by atoms with Gasteiger partial charge in [0, 0.05) is 24.1 Å². The summed E-state index contributed by atoms with van der Waals surface area (Å²) >= 11 is 0. The Bertz CT molecular complexity index is 2430. The molecule has 0 aliphatic carbocycles. The lowest BCUT2D eigenvalue weighted by Crippen LogP contribution is -2.57. The third kappa shape index (κ3) is 7.95. The molecule has 2 fully saturated rings. The minimum absolute atomic E-state index is 0.0318. The lowest BCUT2D eigenvalue weighted by molar-refractivity contribution is -0.178. The number of urea groups is 1. The number of benzene rings is 4. The molecule has 326 valence electrons. The molecule has 0 radical (unpaired) electrons. The molecular formula is C49H50N4O10. The van der Waals surface area contributed by atoms with E-state index in [4.69, 9.17) is 14.2 Å². The highest BCUT2D eigenvalue weighted by Gasteiger charge is 2.76. The van der Waals surface area contributed by atoms with Crippen molar-refractivity contribution in [2.45, 2.75) is 56.0 Å². The maximum absolute atomic E-state index is 16.4. The van der Waals surface area contributed by atoms with Crippen LogP contribution >= 0.6 is 0 Å². The van der Waals surface area contributed by atoms with E-state index in [0.717, 1.165) is 4.90 Å². The van der Waals surface area contributed by atoms with Gasteiger partial charge < -0.3 is 35.1 Å². The Kier molecular flexibility index (Phi) is 13.4. The standard InChI is InChI=1S/C49H50N4O10/c1-5-25-50-44(56)38-41-46(58)63-42(33-19-10-7-11-20-33)40(32-17-8-6-9-18-32)53(41)43(34-21-12-13-22-37(34)62-28-27-55)49(38)35-29-31(16-14-15-26-54)23-24-36(35)52(47(49)59)48(60)51-39(30(2)3)45(57)61-4/h5-13,17-24,29-30,38-43,54-55H,1,15,25-28H2,2-4H3,(H,50,56)(H,51,60)/t38-,39-,40-,41-,42+,43+,49-/m0/s1. The summed E-state index contributed by atoms with van der Waals surface area (Å²) in [6.07, 6.45) is 0.656. The summed E-state index contributed by atoms with van der Waals surface area (Å²) in [4.78, 5) is 77.5. The van der Waals surface area contributed by atoms with E-state index in [1.165, 1.54) is 13.2 Å². The zero-order valence-electron chi connectivity index (χ0n) is 35.2. The van der Waals surface area contributed by atoms with Crippen LogP contribution in [0.1, 0.15) is 66.3 Å². The number of nitrogens with one attached hydrogen (secondary N) is 2. The van der Waals surface area contributed by atoms with E-state index in [2.05, 4.69) is 29.1 Å². The largest absolute Gasteiger partial charge is 0.491 e. The van der Waals surface area contributed by atoms with Crippen LogP contribution in [-0.4, -0.2) is 90.5 Å². The van der Waals surface area contributed by atoms with E-state index in [1.807, 2.05) is 65.6 Å². The lowest BCUT2D eigenvalue weighted by atomic mass is 9.65. The molecule has 0 saturated carbocycles. The molecule has 3 aliphatic rings. The van der Waals surface area contributed by atoms with Crippen molar-refractivity contribution in [3.8, 4) is 17.6 Å². The second kappa shape index (κ2) is 19.1. The van der Waals surface area contributed by atoms with E-state index in [-0.39, 0.29) is 49.8 Å². The number of nitrogens with zero attached hydrogens (tertiary/aromatic N) is 2. The molecule has 63 heavy (non-hydrogen) atoms. The molecule has 1 spiro atoms. The maximum atomic E-state index is 16.4. The highest BCUT2D eigenvalue weighted by atomic mass is 16.6. The number of hydrogen-bond donors (Lipinski definition) is 4. The minimum atomic E-state index is -2.13. The Labute approximate surface area is 365 Å². The van der Waals surface area contributed by atoms with Crippen molar-refractivity contribution in [1.82, 2.24) is 15.5 Å². The van der Waals surface area contributed by atoms with Gasteiger partial charge in [-0.15, -0.1) is 6.58 Å². The van der Waals surface area contributed by atoms with Crippen LogP contribution in [0.25, 0.3) is 0 Å². The number of imide groups is 1. The zero-order chi connectivity index (χ0) is 44.8. The molecular weight excluding hydrogens is 805 g/mol. The number of esters is 2. The first-order valence-electron chi connectivity index (χ1n) is 20.8. The number of cyclic esters (lactones) is 1. The number of carbonyl (C=O) groups is 5. The first kappa shape index (κ1) is 44.3. The quantitative estimate of drug-likeness (QED) is 0.0834. The number of aliphatic hydroxyl groups excluding tert-OH is 2. The third-order valence-corrected chi connectivity index (χ3v) is 11.8. The molecule has 0 unspecified atom stereocenters. The number of carbonyl (C=O) groups excluding carboxylic acids is 5. The number of ether oxygens (including phenoxy) is 3. The van der Waals surface area contributed by atoms with Crippen molar-refractivity contribution in [1.29, 1.82) is 0 Å². The van der Waals surface area contributed by atoms with Gasteiger partial charge >= 0.3 is 18.0 Å². The van der Waals surface area contributed by atoms with Gasteiger partial charge in [0.05, 0.1) is 44.0 Å². The Morgan fingerprint density at radius 1 is 0.921 bits per heavy atom. The number of aliphatic hydroxyl groups is 2. The van der Waals surface area contributed by atoms with Gasteiger partial charge in [0.2, 0.25) is 11.8 Å². The van der Waals surface area contributed by atoms with E-state index in [9.17, 15) is 19.8 Å². The summed E-state index contributed by atoms with van der Waals surface area (Å²) < 4.78 is 17.7. The summed E-state index contributed by atoms with van der Waals surface area (Å²) in [5.41, 5.74) is 0.280. The van der Waals surface area contributed by atoms with Crippen LogP contribution in [0.15, 0.2) is 116 Å². The van der Waals surface area contributed by atoms with Crippen LogP contribution in [0.5, 0.6) is 5.75 Å². The molecule has 14 heteroatoms. The van der Waals surface area contributed by atoms with Gasteiger partial charge in [-0.05, 0) is 46.9 Å². The summed E-state index contributed by atoms with van der Waals surface area (Å²) in [6.45, 7) is 6.51. The van der Waals surface area contributed by atoms with Crippen LogP contribution < -0.4 is 20.3 Å². The van der Waals surface area contributed by atoms with E-state index >= 15 is 14.4 Å². The molecule has 0 aromatic heterocycles. The number of hydrogen-bond acceptors (Lipinski definition) is 11. The highest BCUT2D eigenvalue weighted by molar-refractivity contribution is 6.25. The molecule has 4 N–H and O–H groups in total. The Morgan fingerprint density at radius 3 is 2.25 bits per heavy atom. The van der Waals surface area contributed by atoms with Gasteiger partial charge in [-0.1, -0.05) is 111 Å². The van der Waals surface area contributed by atoms with E-state index < -0.39 is 77.3 Å². The van der Waals surface area contributed by atoms with Crippen LogP contribution in [0.3, 0.4) is 0 Å². The lowest BCUT2D eigenvalue weighted by Gasteiger charge is -2.46. The van der Waals surface area contributed by atoms with Gasteiger partial charge in [0.25, 0.3) is 0 Å². The van der Waals surface area contributed by atoms with Crippen molar-refractivity contribution in [3.63, 3.8) is 0 Å². The monoisotopic (exact) mass is 854 g/mol. The van der Waals surface area contributed by atoms with Gasteiger partial charge in [0.1, 0.15) is 36.0 Å². The fourth-order valence-electron chi connectivity index (χ4n) is 9.28. The Hall–Kier alpha value is -6.79. The average molecular weight is 855 g/mol. The van der Waals surface area contributed by atoms with Crippen molar-refractivity contribution in [2.75, 3.05) is 38.4 Å². The van der Waals surface area contributed by atoms with Gasteiger partial charge in [-0.3, -0.25) is 19.3 Å². The van der Waals surface area contributed by atoms with Crippen molar-refractivity contribution < 1.29 is 48.4 Å². The number of anilines is 1. The molecule has 2 saturated heterocycles. The number of rotatable bonds is 13. The van der Waals surface area contributed by atoms with E-state index in [0.29, 0.717) is 22.3 Å². The minimum Gasteiger partial charge on any atom is -0.491 e. The number of morpholine rings is 1. The maximum Gasteiger partial charge on any atom is 0.329 e. The molecule has 4 amide bonds. The number of para-hydroxylation sites is 1. The van der Waals surface area contributed by atoms with Crippen molar-refractivity contribution in [2.24, 2.45) is 11.8 Å². The van der Waals surface area contributed by atoms with Crippen molar-refractivity contribution >= 4 is 35.5 Å². The predicted octanol–water partition coefficient (Wildman–Crippen LogP) is 4.67. The fourth-order valence-corrected chi connectivity index (χ4v) is 9.28. The molecule has 3 heterocycles. The van der Waals surface area contributed by atoms with Gasteiger partial charge in [-0.2, -0.15) is 0 Å². The molecule has 7 atom stereocenters. The summed E-state index contributed by atoms with van der Waals surface area (Å²) in [6, 6.07) is 24.5. The molecule has 14 nitrogen and oxygen atoms in total. The first-order chi connectivity index (χ1) is 30.5. The number of amides is 4. The average Bonchev–Trinajstić information content (AvgIpc) is 3.75. The second-order valence-electron chi connectivity index (χ2n) is 15.8. The van der Waals surface area contributed by atoms with Gasteiger partial charge in [0.15, 0.2) is 0 Å². The van der Waals surface area contributed by atoms with Crippen LogP contribution in [0, 0.1) is 23.7 Å². The molecule has 4 aromatic carbocycles. The molecule has 0 bridgehead atoms. The number of methoxy groups -OCH3 is 1. The summed E-state index contributed by atoms with van der Waals surface area (Å²) in [5.74, 6) is 1.09. The Balaban J connectivity index is 1.61. The fraction of sp³-hybridized carbons (Fsp3) is 0.327. The normalized spacial score (nSPS) is 22.9. The Morgan fingerprint density at radius 2 is 1.60 bits per heavy atom. The molecule has 7 rings (SSSR count). The zero-order valence-corrected chi connectivity index (χ0v) is 35.2. The van der Waals surface area contributed by atoms with Gasteiger partial charge in [-0.25, -0.2) is 14.5 Å².